The van der Waals surface area contributed by atoms with Crippen LogP contribution in [0.4, 0.5) is 0 Å². The maximum Gasteiger partial charge on any atom is 0.268 e. The van der Waals surface area contributed by atoms with Crippen LogP contribution in [0.25, 0.3) is 0 Å². The minimum Gasteiger partial charge on any atom is -0.468 e. The van der Waals surface area contributed by atoms with E-state index < -0.39 is 0 Å². The van der Waals surface area contributed by atoms with Crippen molar-refractivity contribution in [1.29, 1.82) is 0 Å². The zero-order valence-corrected chi connectivity index (χ0v) is 9.34. The molecular weight excluding hydrogens is 214 g/mol. The molecule has 0 aliphatic heterocycles. The van der Waals surface area contributed by atoms with E-state index in [9.17, 15) is 4.79 Å². The van der Waals surface area contributed by atoms with E-state index in [0.717, 1.165) is 5.75 Å². The predicted octanol–water partition coefficient (Wildman–Crippen LogP) is 0.464. The summed E-state index contributed by atoms with van der Waals surface area (Å²) in [6.07, 6.45) is 1.48. The molecule has 0 spiro atoms. The van der Waals surface area contributed by atoms with Gasteiger partial charge in [0.05, 0.1) is 17.6 Å². The fourth-order valence-corrected chi connectivity index (χ4v) is 1.97. The molecule has 15 heavy (non-hydrogen) atoms. The van der Waals surface area contributed by atoms with Gasteiger partial charge < -0.3 is 10.2 Å². The first-order chi connectivity index (χ1) is 7.15. The minimum atomic E-state index is -0.333. The maximum absolute atomic E-state index is 11.3. The molecule has 1 aromatic heterocycles. The first kappa shape index (κ1) is 12.1. The van der Waals surface area contributed by atoms with E-state index in [1.807, 2.05) is 6.92 Å². The number of hydrazine groups is 1. The molecule has 0 saturated carbocycles. The fourth-order valence-electron chi connectivity index (χ4n) is 1.07. The lowest BCUT2D eigenvalue weighted by molar-refractivity contribution is 0.0952. The van der Waals surface area contributed by atoms with E-state index in [-0.39, 0.29) is 11.9 Å². The van der Waals surface area contributed by atoms with Crippen molar-refractivity contribution in [2.45, 2.75) is 18.7 Å². The molecule has 0 aliphatic carbocycles. The van der Waals surface area contributed by atoms with Gasteiger partial charge in [-0.25, -0.2) is 5.84 Å². The van der Waals surface area contributed by atoms with Crippen molar-refractivity contribution < 1.29 is 9.21 Å². The average Bonchev–Trinajstić information content (AvgIpc) is 2.64. The molecule has 6 heteroatoms. The van der Waals surface area contributed by atoms with Crippen LogP contribution in [0.5, 0.6) is 0 Å². The van der Waals surface area contributed by atoms with Gasteiger partial charge >= 0.3 is 0 Å². The van der Waals surface area contributed by atoms with E-state index >= 15 is 0 Å². The highest BCUT2D eigenvalue weighted by atomic mass is 32.2. The lowest BCUT2D eigenvalue weighted by Crippen LogP contribution is -2.30. The zero-order valence-electron chi connectivity index (χ0n) is 8.53. The number of carbonyl (C=O) groups is 1. The van der Waals surface area contributed by atoms with Gasteiger partial charge in [0.15, 0.2) is 0 Å². The quantitative estimate of drug-likeness (QED) is 0.387. The summed E-state index contributed by atoms with van der Waals surface area (Å²) in [7, 11) is 0. The monoisotopic (exact) mass is 229 g/mol. The molecule has 5 N–H and O–H groups in total. The van der Waals surface area contributed by atoms with Crippen molar-refractivity contribution in [3.8, 4) is 0 Å². The number of nitrogen functional groups attached to an aromatic ring is 1. The highest BCUT2D eigenvalue weighted by Crippen LogP contribution is 2.18. The summed E-state index contributed by atoms with van der Waals surface area (Å²) in [5.41, 5.74) is 8.16. The summed E-state index contributed by atoms with van der Waals surface area (Å²) < 4.78 is 5.19. The van der Waals surface area contributed by atoms with E-state index in [2.05, 4.69) is 5.43 Å². The Bertz CT molecular complexity index is 325. The van der Waals surface area contributed by atoms with Crippen molar-refractivity contribution in [2.24, 2.45) is 11.6 Å². The second-order valence-electron chi connectivity index (χ2n) is 3.22. The molecule has 84 valence electrons. The Hall–Kier alpha value is -0.980. The van der Waals surface area contributed by atoms with Crippen LogP contribution in [-0.2, 0) is 5.75 Å². The van der Waals surface area contributed by atoms with Crippen LogP contribution < -0.4 is 17.0 Å². The van der Waals surface area contributed by atoms with Crippen LogP contribution in [0.1, 0.15) is 23.0 Å². The van der Waals surface area contributed by atoms with Gasteiger partial charge in [0.1, 0.15) is 5.76 Å². The topological polar surface area (TPSA) is 94.3 Å². The van der Waals surface area contributed by atoms with E-state index in [1.165, 1.54) is 6.26 Å². The van der Waals surface area contributed by atoms with Crippen molar-refractivity contribution >= 4 is 17.7 Å². The number of rotatable bonds is 5. The number of nitrogens with two attached hydrogens (primary N) is 2. The Kier molecular flexibility index (Phi) is 4.67. The summed E-state index contributed by atoms with van der Waals surface area (Å²) in [5.74, 6) is 6.78. The molecule has 1 aromatic rings. The van der Waals surface area contributed by atoms with Gasteiger partial charge in [0.2, 0.25) is 0 Å². The van der Waals surface area contributed by atoms with Crippen molar-refractivity contribution in [2.75, 3.05) is 5.75 Å². The van der Waals surface area contributed by atoms with Gasteiger partial charge in [-0.05, 0) is 13.0 Å². The Morgan fingerprint density at radius 1 is 1.73 bits per heavy atom. The smallest absolute Gasteiger partial charge is 0.268 e. The Balaban J connectivity index is 2.54. The molecular formula is C9H15N3O2S. The van der Waals surface area contributed by atoms with Crippen LogP contribution in [0, 0.1) is 0 Å². The molecule has 0 fully saturated rings. The molecule has 0 radical (unpaired) electrons. The second kappa shape index (κ2) is 5.79. The lowest BCUT2D eigenvalue weighted by atomic mass is 10.2. The molecule has 0 saturated heterocycles. The summed E-state index contributed by atoms with van der Waals surface area (Å²) >= 11 is 1.62. The molecule has 0 aromatic carbocycles. The van der Waals surface area contributed by atoms with Crippen molar-refractivity contribution in [1.82, 2.24) is 5.43 Å². The number of hydrogen-bond donors (Lipinski definition) is 3. The first-order valence-electron chi connectivity index (χ1n) is 4.55. The number of amides is 1. The molecule has 1 atom stereocenters. The van der Waals surface area contributed by atoms with Crippen LogP contribution in [0.15, 0.2) is 16.7 Å². The minimum absolute atomic E-state index is 0.136. The van der Waals surface area contributed by atoms with Crippen LogP contribution in [-0.4, -0.2) is 17.7 Å². The number of thioether (sulfide) groups is 1. The molecule has 0 aliphatic rings. The second-order valence-corrected chi connectivity index (χ2v) is 4.25. The highest BCUT2D eigenvalue weighted by Gasteiger charge is 2.13. The van der Waals surface area contributed by atoms with Crippen LogP contribution >= 0.6 is 11.8 Å². The fraction of sp³-hybridized carbons (Fsp3) is 0.444. The third-order valence-electron chi connectivity index (χ3n) is 1.74. The third-order valence-corrected chi connectivity index (χ3v) is 2.96. The van der Waals surface area contributed by atoms with E-state index in [4.69, 9.17) is 16.0 Å². The third kappa shape index (κ3) is 3.58. The Morgan fingerprint density at radius 3 is 3.07 bits per heavy atom. The number of nitrogens with one attached hydrogen (secondary N) is 1. The van der Waals surface area contributed by atoms with Crippen molar-refractivity contribution in [3.63, 3.8) is 0 Å². The molecule has 1 amide bonds. The molecule has 1 heterocycles. The number of furan rings is 1. The zero-order chi connectivity index (χ0) is 11.3. The van der Waals surface area contributed by atoms with Gasteiger partial charge in [-0.3, -0.25) is 10.2 Å². The van der Waals surface area contributed by atoms with Gasteiger partial charge in [-0.2, -0.15) is 11.8 Å². The summed E-state index contributed by atoms with van der Waals surface area (Å²) in [5, 5.41) is 0. The molecule has 1 unspecified atom stereocenters. The summed E-state index contributed by atoms with van der Waals surface area (Å²) in [6, 6.07) is 1.74. The largest absolute Gasteiger partial charge is 0.468 e. The number of carbonyl (C=O) groups excluding carboxylic acids is 1. The van der Waals surface area contributed by atoms with Crippen molar-refractivity contribution in [3.05, 3.63) is 23.7 Å². The Labute approximate surface area is 92.5 Å². The van der Waals surface area contributed by atoms with Gasteiger partial charge in [0, 0.05) is 11.8 Å². The standard InChI is InChI=1S/C9H15N3O2S/c1-6(10)4-15-5-8-7(2-3-14-8)9(13)12-11/h2-3,6H,4-5,10-11H2,1H3,(H,12,13). The highest BCUT2D eigenvalue weighted by molar-refractivity contribution is 7.98. The van der Waals surface area contributed by atoms with Gasteiger partial charge in [-0.1, -0.05) is 0 Å². The van der Waals surface area contributed by atoms with Crippen LogP contribution in [0.3, 0.4) is 0 Å². The first-order valence-corrected chi connectivity index (χ1v) is 5.71. The maximum atomic E-state index is 11.3. The molecule has 5 nitrogen and oxygen atoms in total. The SMILES string of the molecule is CC(N)CSCc1occc1C(=O)NN. The predicted molar refractivity (Wildman–Crippen MR) is 60.2 cm³/mol. The van der Waals surface area contributed by atoms with E-state index in [0.29, 0.717) is 17.1 Å². The van der Waals surface area contributed by atoms with Gasteiger partial charge in [-0.15, -0.1) is 0 Å². The summed E-state index contributed by atoms with van der Waals surface area (Å²) in [6.45, 7) is 1.93. The van der Waals surface area contributed by atoms with E-state index in [1.54, 1.807) is 17.8 Å². The van der Waals surface area contributed by atoms with Crippen LogP contribution in [0.2, 0.25) is 0 Å². The number of hydrogen-bond acceptors (Lipinski definition) is 5. The molecule has 1 rings (SSSR count). The molecule has 0 bridgehead atoms. The normalized spacial score (nSPS) is 12.5. The lowest BCUT2D eigenvalue weighted by Gasteiger charge is -2.04. The van der Waals surface area contributed by atoms with Gasteiger partial charge in [0.25, 0.3) is 5.91 Å². The Morgan fingerprint density at radius 2 is 2.47 bits per heavy atom. The summed E-state index contributed by atoms with van der Waals surface area (Å²) in [4.78, 5) is 11.3. The average molecular weight is 229 g/mol.